The highest BCUT2D eigenvalue weighted by atomic mass is 19.4. The van der Waals surface area contributed by atoms with Gasteiger partial charge in [0.2, 0.25) is 0 Å². The first-order valence-corrected chi connectivity index (χ1v) is 6.79. The summed E-state index contributed by atoms with van der Waals surface area (Å²) in [4.78, 5) is 0. The maximum absolute atomic E-state index is 12.8. The van der Waals surface area contributed by atoms with Gasteiger partial charge in [-0.2, -0.15) is 17.7 Å². The zero-order valence-electron chi connectivity index (χ0n) is 11.8. The topological polar surface area (TPSA) is 55.1 Å². The van der Waals surface area contributed by atoms with Gasteiger partial charge in [0.15, 0.2) is 5.65 Å². The van der Waals surface area contributed by atoms with E-state index in [9.17, 15) is 13.2 Å². The van der Waals surface area contributed by atoms with Crippen molar-refractivity contribution in [2.45, 2.75) is 6.18 Å². The highest BCUT2D eigenvalue weighted by molar-refractivity contribution is 5.50. The molecule has 3 aromatic rings. The normalized spacial score (nSPS) is 12.1. The van der Waals surface area contributed by atoms with Crippen LogP contribution in [0.15, 0.2) is 48.5 Å². The lowest BCUT2D eigenvalue weighted by molar-refractivity contribution is -0.146. The van der Waals surface area contributed by atoms with Gasteiger partial charge >= 0.3 is 6.18 Å². The predicted octanol–water partition coefficient (Wildman–Crippen LogP) is 3.27. The van der Waals surface area contributed by atoms with Crippen molar-refractivity contribution in [1.29, 1.82) is 0 Å². The number of halogens is 3. The number of aromatic nitrogens is 4. The Morgan fingerprint density at radius 1 is 1.04 bits per heavy atom. The lowest BCUT2D eigenvalue weighted by Gasteiger charge is -2.05. The molecule has 1 N–H and O–H groups in total. The molecule has 118 valence electrons. The van der Waals surface area contributed by atoms with Crippen molar-refractivity contribution in [2.75, 3.05) is 11.9 Å². The number of fused-ring (bicyclic) bond motifs is 1. The first kappa shape index (κ1) is 15.0. The predicted molar refractivity (Wildman–Crippen MR) is 79.7 cm³/mol. The van der Waals surface area contributed by atoms with Gasteiger partial charge in [-0.1, -0.05) is 42.5 Å². The summed E-state index contributed by atoms with van der Waals surface area (Å²) in [5.74, 6) is -0.837. The Morgan fingerprint density at radius 3 is 2.57 bits per heavy atom. The number of nitrogens with zero attached hydrogens (tertiary/aromatic N) is 4. The Bertz CT molecular complexity index is 824. The fraction of sp³-hybridized carbons (Fsp3) is 0.133. The SMILES string of the molecule is FC(F)(F)c1nnc2ccc(NC/C=C/c3ccccc3)nn12. The molecule has 0 radical (unpaired) electrons. The van der Waals surface area contributed by atoms with E-state index < -0.39 is 12.0 Å². The van der Waals surface area contributed by atoms with E-state index in [0.717, 1.165) is 5.56 Å². The number of alkyl halides is 3. The van der Waals surface area contributed by atoms with Crippen molar-refractivity contribution in [3.63, 3.8) is 0 Å². The van der Waals surface area contributed by atoms with Crippen LogP contribution in [0.25, 0.3) is 11.7 Å². The van der Waals surface area contributed by atoms with Gasteiger partial charge < -0.3 is 5.32 Å². The summed E-state index contributed by atoms with van der Waals surface area (Å²) in [7, 11) is 0. The molecule has 0 amide bonds. The van der Waals surface area contributed by atoms with E-state index in [1.807, 2.05) is 42.5 Å². The van der Waals surface area contributed by atoms with Gasteiger partial charge in [0.1, 0.15) is 5.82 Å². The highest BCUT2D eigenvalue weighted by Gasteiger charge is 2.37. The van der Waals surface area contributed by atoms with Gasteiger partial charge in [0, 0.05) is 6.54 Å². The molecule has 0 fully saturated rings. The molecule has 3 rings (SSSR count). The third kappa shape index (κ3) is 3.47. The number of rotatable bonds is 4. The Kier molecular flexibility index (Phi) is 3.96. The van der Waals surface area contributed by atoms with Crippen molar-refractivity contribution < 1.29 is 13.2 Å². The summed E-state index contributed by atoms with van der Waals surface area (Å²) in [6.07, 6.45) is -0.832. The van der Waals surface area contributed by atoms with E-state index in [2.05, 4.69) is 20.6 Å². The second-order valence-electron chi connectivity index (χ2n) is 4.70. The molecule has 0 spiro atoms. The smallest absolute Gasteiger partial charge is 0.365 e. The van der Waals surface area contributed by atoms with Crippen molar-refractivity contribution >= 4 is 17.5 Å². The third-order valence-electron chi connectivity index (χ3n) is 3.03. The van der Waals surface area contributed by atoms with E-state index in [4.69, 9.17) is 0 Å². The zero-order chi connectivity index (χ0) is 16.3. The molecule has 2 heterocycles. The molecule has 0 saturated carbocycles. The fourth-order valence-electron chi connectivity index (χ4n) is 1.98. The van der Waals surface area contributed by atoms with E-state index in [1.165, 1.54) is 6.07 Å². The molecule has 0 aliphatic rings. The Morgan fingerprint density at radius 2 is 1.83 bits per heavy atom. The van der Waals surface area contributed by atoms with Gasteiger partial charge in [-0.25, -0.2) is 0 Å². The molecule has 0 aliphatic carbocycles. The maximum atomic E-state index is 12.8. The Balaban J connectivity index is 1.72. The van der Waals surface area contributed by atoms with Crippen molar-refractivity contribution in [3.05, 3.63) is 59.9 Å². The van der Waals surface area contributed by atoms with Crippen LogP contribution in [-0.4, -0.2) is 26.4 Å². The number of hydrogen-bond acceptors (Lipinski definition) is 4. The second-order valence-corrected chi connectivity index (χ2v) is 4.70. The van der Waals surface area contributed by atoms with E-state index in [0.29, 0.717) is 16.9 Å². The largest absolute Gasteiger partial charge is 0.453 e. The van der Waals surface area contributed by atoms with Gasteiger partial charge in [-0.05, 0) is 17.7 Å². The summed E-state index contributed by atoms with van der Waals surface area (Å²) >= 11 is 0. The molecule has 0 saturated heterocycles. The molecule has 0 bridgehead atoms. The highest BCUT2D eigenvalue weighted by Crippen LogP contribution is 2.27. The molecule has 2 aromatic heterocycles. The van der Waals surface area contributed by atoms with Crippen LogP contribution < -0.4 is 5.32 Å². The van der Waals surface area contributed by atoms with Crippen LogP contribution in [0.5, 0.6) is 0 Å². The summed E-state index contributed by atoms with van der Waals surface area (Å²) in [6, 6.07) is 12.7. The Labute approximate surface area is 129 Å². The van der Waals surface area contributed by atoms with Crippen LogP contribution in [0, 0.1) is 0 Å². The van der Waals surface area contributed by atoms with Gasteiger partial charge in [-0.3, -0.25) is 0 Å². The summed E-state index contributed by atoms with van der Waals surface area (Å²) in [6.45, 7) is 0.427. The van der Waals surface area contributed by atoms with Gasteiger partial charge in [0.25, 0.3) is 5.82 Å². The first-order valence-electron chi connectivity index (χ1n) is 6.79. The second kappa shape index (κ2) is 6.07. The lowest BCUT2D eigenvalue weighted by Crippen LogP contribution is -2.13. The van der Waals surface area contributed by atoms with Crippen molar-refractivity contribution in [1.82, 2.24) is 19.8 Å². The zero-order valence-corrected chi connectivity index (χ0v) is 11.8. The first-order chi connectivity index (χ1) is 11.0. The van der Waals surface area contributed by atoms with Crippen LogP contribution in [0.1, 0.15) is 11.4 Å². The maximum Gasteiger partial charge on any atom is 0.453 e. The summed E-state index contributed by atoms with van der Waals surface area (Å²) in [5.41, 5.74) is 1.08. The van der Waals surface area contributed by atoms with Crippen LogP contribution in [0.2, 0.25) is 0 Å². The fourth-order valence-corrected chi connectivity index (χ4v) is 1.98. The van der Waals surface area contributed by atoms with Crippen LogP contribution >= 0.6 is 0 Å². The number of benzene rings is 1. The molecular weight excluding hydrogens is 307 g/mol. The minimum absolute atomic E-state index is 0.0442. The lowest BCUT2D eigenvalue weighted by atomic mass is 10.2. The van der Waals surface area contributed by atoms with E-state index in [1.54, 1.807) is 6.07 Å². The Hall–Kier alpha value is -2.90. The van der Waals surface area contributed by atoms with Gasteiger partial charge in [-0.15, -0.1) is 15.3 Å². The average Bonchev–Trinajstić information content (AvgIpc) is 2.96. The minimum atomic E-state index is -4.60. The monoisotopic (exact) mass is 319 g/mol. The molecular formula is C15H12F3N5. The minimum Gasteiger partial charge on any atom is -0.365 e. The molecule has 23 heavy (non-hydrogen) atoms. The average molecular weight is 319 g/mol. The standard InChI is InChI=1S/C15H12F3N5/c16-15(17,18)14-21-20-13-9-8-12(22-23(13)14)19-10-4-7-11-5-2-1-3-6-11/h1-9H,10H2,(H,19,22)/b7-4+. The van der Waals surface area contributed by atoms with E-state index in [-0.39, 0.29) is 5.65 Å². The van der Waals surface area contributed by atoms with Crippen molar-refractivity contribution in [3.8, 4) is 0 Å². The molecule has 1 aromatic carbocycles. The number of hydrogen-bond donors (Lipinski definition) is 1. The number of anilines is 1. The molecule has 0 atom stereocenters. The molecule has 0 unspecified atom stereocenters. The molecule has 5 nitrogen and oxygen atoms in total. The van der Waals surface area contributed by atoms with Crippen LogP contribution in [-0.2, 0) is 6.18 Å². The molecule has 8 heteroatoms. The third-order valence-corrected chi connectivity index (χ3v) is 3.03. The summed E-state index contributed by atoms with van der Waals surface area (Å²) < 4.78 is 39.0. The van der Waals surface area contributed by atoms with Crippen molar-refractivity contribution in [2.24, 2.45) is 0 Å². The summed E-state index contributed by atoms with van der Waals surface area (Å²) in [5, 5.41) is 13.4. The van der Waals surface area contributed by atoms with E-state index >= 15 is 0 Å². The van der Waals surface area contributed by atoms with Crippen LogP contribution in [0.3, 0.4) is 0 Å². The van der Waals surface area contributed by atoms with Gasteiger partial charge in [0.05, 0.1) is 0 Å². The number of nitrogens with one attached hydrogen (secondary N) is 1. The molecule has 0 aliphatic heterocycles. The van der Waals surface area contributed by atoms with Crippen LogP contribution in [0.4, 0.5) is 19.0 Å². The quantitative estimate of drug-likeness (QED) is 0.802.